The summed E-state index contributed by atoms with van der Waals surface area (Å²) >= 11 is 7.36. The third-order valence-corrected chi connectivity index (χ3v) is 4.57. The van der Waals surface area contributed by atoms with Gasteiger partial charge in [0, 0.05) is 18.1 Å². The maximum atomic E-state index is 12.2. The van der Waals surface area contributed by atoms with Crippen LogP contribution in [0, 0.1) is 0 Å². The second-order valence-electron chi connectivity index (χ2n) is 5.26. The van der Waals surface area contributed by atoms with Gasteiger partial charge >= 0.3 is 11.8 Å². The molecule has 2 aromatic heterocycles. The van der Waals surface area contributed by atoms with Gasteiger partial charge in [0.1, 0.15) is 5.75 Å². The summed E-state index contributed by atoms with van der Waals surface area (Å²) in [5, 5.41) is 11.4. The Hall–Kier alpha value is -2.91. The van der Waals surface area contributed by atoms with Crippen LogP contribution in [0.2, 0.25) is 5.02 Å². The Kier molecular flexibility index (Phi) is 6.05. The van der Waals surface area contributed by atoms with Crippen LogP contribution in [0.5, 0.6) is 5.75 Å². The highest BCUT2D eigenvalue weighted by Gasteiger charge is 2.17. The standard InChI is InChI=1S/C17H15ClN4O4S/c1-25-12-5-4-10(18)9-11(12)15(23)19-6-7-20-16(24)17-21-14(22-26-17)13-3-2-8-27-13/h2-5,8-9H,6-7H2,1H3,(H,19,23)(H,20,24). The fourth-order valence-corrected chi connectivity index (χ4v) is 3.02. The van der Waals surface area contributed by atoms with Crippen LogP contribution in [0.25, 0.3) is 10.7 Å². The molecular formula is C17H15ClN4O4S. The number of nitrogens with zero attached hydrogens (tertiary/aromatic N) is 2. The minimum atomic E-state index is -0.514. The molecule has 10 heteroatoms. The van der Waals surface area contributed by atoms with Crippen LogP contribution in [0.15, 0.2) is 40.2 Å². The Morgan fingerprint density at radius 3 is 2.70 bits per heavy atom. The van der Waals surface area contributed by atoms with Crippen molar-refractivity contribution in [1.29, 1.82) is 0 Å². The van der Waals surface area contributed by atoms with E-state index in [1.807, 2.05) is 17.5 Å². The zero-order chi connectivity index (χ0) is 19.2. The number of amides is 2. The second kappa shape index (κ2) is 8.65. The van der Waals surface area contributed by atoms with Crippen molar-refractivity contribution in [3.05, 3.63) is 52.2 Å². The lowest BCUT2D eigenvalue weighted by Gasteiger charge is -2.09. The molecule has 2 heterocycles. The number of carbonyl (C=O) groups excluding carboxylic acids is 2. The molecule has 0 radical (unpaired) electrons. The number of hydrogen-bond acceptors (Lipinski definition) is 7. The van der Waals surface area contributed by atoms with E-state index in [0.29, 0.717) is 22.2 Å². The summed E-state index contributed by atoms with van der Waals surface area (Å²) in [6.07, 6.45) is 0. The Balaban J connectivity index is 1.49. The predicted octanol–water partition coefficient (Wildman–Crippen LogP) is 2.62. The van der Waals surface area contributed by atoms with Crippen LogP contribution in [-0.2, 0) is 0 Å². The number of benzene rings is 1. The van der Waals surface area contributed by atoms with E-state index < -0.39 is 5.91 Å². The Morgan fingerprint density at radius 2 is 2.00 bits per heavy atom. The highest BCUT2D eigenvalue weighted by molar-refractivity contribution is 7.13. The van der Waals surface area contributed by atoms with E-state index >= 15 is 0 Å². The minimum absolute atomic E-state index is 0.138. The average molecular weight is 407 g/mol. The molecule has 0 aliphatic rings. The smallest absolute Gasteiger partial charge is 0.316 e. The number of methoxy groups -OCH3 is 1. The number of aromatic nitrogens is 2. The largest absolute Gasteiger partial charge is 0.496 e. The summed E-state index contributed by atoms with van der Waals surface area (Å²) in [6.45, 7) is 0.385. The fraction of sp³-hybridized carbons (Fsp3) is 0.176. The number of ether oxygens (including phenoxy) is 1. The van der Waals surface area contributed by atoms with Gasteiger partial charge in [0.15, 0.2) is 0 Å². The topological polar surface area (TPSA) is 106 Å². The number of rotatable bonds is 7. The lowest BCUT2D eigenvalue weighted by molar-refractivity contribution is 0.0897. The first-order chi connectivity index (χ1) is 13.1. The molecule has 27 heavy (non-hydrogen) atoms. The third-order valence-electron chi connectivity index (χ3n) is 3.46. The first kappa shape index (κ1) is 18.9. The van der Waals surface area contributed by atoms with E-state index in [2.05, 4.69) is 20.8 Å². The van der Waals surface area contributed by atoms with E-state index in [4.69, 9.17) is 20.9 Å². The molecule has 0 unspecified atom stereocenters. The highest BCUT2D eigenvalue weighted by Crippen LogP contribution is 2.22. The van der Waals surface area contributed by atoms with Gasteiger partial charge in [-0.25, -0.2) is 0 Å². The predicted molar refractivity (Wildman–Crippen MR) is 100 cm³/mol. The fourth-order valence-electron chi connectivity index (χ4n) is 2.20. The quantitative estimate of drug-likeness (QED) is 0.584. The van der Waals surface area contributed by atoms with Crippen LogP contribution >= 0.6 is 22.9 Å². The molecule has 0 aliphatic carbocycles. The van der Waals surface area contributed by atoms with Crippen molar-refractivity contribution in [2.75, 3.05) is 20.2 Å². The van der Waals surface area contributed by atoms with Gasteiger partial charge in [-0.2, -0.15) is 4.98 Å². The molecule has 0 atom stereocenters. The number of carbonyl (C=O) groups is 2. The molecule has 8 nitrogen and oxygen atoms in total. The summed E-state index contributed by atoms with van der Waals surface area (Å²) in [5.74, 6) is -0.244. The Bertz CT molecular complexity index is 942. The number of halogens is 1. The lowest BCUT2D eigenvalue weighted by atomic mass is 10.2. The molecule has 0 saturated carbocycles. The third kappa shape index (κ3) is 4.63. The van der Waals surface area contributed by atoms with Crippen molar-refractivity contribution in [2.24, 2.45) is 0 Å². The molecule has 2 N–H and O–H groups in total. The molecule has 0 spiro atoms. The summed E-state index contributed by atoms with van der Waals surface area (Å²) in [4.78, 5) is 29.1. The van der Waals surface area contributed by atoms with Gasteiger partial charge in [-0.15, -0.1) is 11.3 Å². The van der Waals surface area contributed by atoms with Gasteiger partial charge in [-0.3, -0.25) is 9.59 Å². The van der Waals surface area contributed by atoms with Gasteiger partial charge in [-0.1, -0.05) is 22.8 Å². The van der Waals surface area contributed by atoms with E-state index in [9.17, 15) is 9.59 Å². The van der Waals surface area contributed by atoms with Crippen LogP contribution in [0.3, 0.4) is 0 Å². The van der Waals surface area contributed by atoms with Gasteiger partial charge in [-0.05, 0) is 29.6 Å². The highest BCUT2D eigenvalue weighted by atomic mass is 35.5. The van der Waals surface area contributed by atoms with Gasteiger partial charge in [0.2, 0.25) is 5.82 Å². The zero-order valence-electron chi connectivity index (χ0n) is 14.2. The SMILES string of the molecule is COc1ccc(Cl)cc1C(=O)NCCNC(=O)c1nc(-c2cccs2)no1. The van der Waals surface area contributed by atoms with Crippen LogP contribution in [0.4, 0.5) is 0 Å². The Morgan fingerprint density at radius 1 is 1.22 bits per heavy atom. The van der Waals surface area contributed by atoms with Crippen molar-refractivity contribution in [3.63, 3.8) is 0 Å². The van der Waals surface area contributed by atoms with E-state index in [1.54, 1.807) is 12.1 Å². The van der Waals surface area contributed by atoms with Crippen LogP contribution in [0.1, 0.15) is 21.0 Å². The number of nitrogens with one attached hydrogen (secondary N) is 2. The van der Waals surface area contributed by atoms with E-state index in [1.165, 1.54) is 24.5 Å². The number of hydrogen-bond donors (Lipinski definition) is 2. The van der Waals surface area contributed by atoms with Crippen molar-refractivity contribution in [3.8, 4) is 16.5 Å². The van der Waals surface area contributed by atoms with Gasteiger partial charge in [0.25, 0.3) is 5.91 Å². The minimum Gasteiger partial charge on any atom is -0.496 e. The average Bonchev–Trinajstić information content (AvgIpc) is 3.36. The lowest BCUT2D eigenvalue weighted by Crippen LogP contribution is -2.35. The van der Waals surface area contributed by atoms with Crippen LogP contribution in [-0.4, -0.2) is 42.2 Å². The van der Waals surface area contributed by atoms with Crippen molar-refractivity contribution >= 4 is 34.8 Å². The molecule has 140 valence electrons. The molecule has 0 aliphatic heterocycles. The van der Waals surface area contributed by atoms with Gasteiger partial charge < -0.3 is 19.9 Å². The first-order valence-corrected chi connectivity index (χ1v) is 9.12. The summed E-state index contributed by atoms with van der Waals surface area (Å²) in [7, 11) is 1.47. The Labute approximate surface area is 163 Å². The van der Waals surface area contributed by atoms with Crippen molar-refractivity contribution in [2.45, 2.75) is 0 Å². The zero-order valence-corrected chi connectivity index (χ0v) is 15.8. The molecule has 0 saturated heterocycles. The van der Waals surface area contributed by atoms with Crippen LogP contribution < -0.4 is 15.4 Å². The number of thiophene rings is 1. The maximum Gasteiger partial charge on any atom is 0.316 e. The molecule has 2 amide bonds. The molecule has 0 bridgehead atoms. The molecule has 1 aromatic carbocycles. The monoisotopic (exact) mass is 406 g/mol. The summed E-state index contributed by atoms with van der Waals surface area (Å²) in [6, 6.07) is 8.44. The van der Waals surface area contributed by atoms with Crippen molar-refractivity contribution in [1.82, 2.24) is 20.8 Å². The van der Waals surface area contributed by atoms with Crippen molar-refractivity contribution < 1.29 is 18.8 Å². The van der Waals surface area contributed by atoms with E-state index in [-0.39, 0.29) is 24.9 Å². The molecule has 3 rings (SSSR count). The summed E-state index contributed by atoms with van der Waals surface area (Å²) in [5.41, 5.74) is 0.314. The summed E-state index contributed by atoms with van der Waals surface area (Å²) < 4.78 is 10.1. The van der Waals surface area contributed by atoms with E-state index in [0.717, 1.165) is 4.88 Å². The maximum absolute atomic E-state index is 12.2. The first-order valence-electron chi connectivity index (χ1n) is 7.86. The van der Waals surface area contributed by atoms with Gasteiger partial charge in [0.05, 0.1) is 17.6 Å². The molecule has 0 fully saturated rings. The second-order valence-corrected chi connectivity index (χ2v) is 6.64. The molecule has 3 aromatic rings. The normalized spacial score (nSPS) is 10.4. The molecular weight excluding hydrogens is 392 g/mol.